The maximum absolute atomic E-state index is 13.4. The molecule has 1 N–H and O–H groups in total. The number of rotatable bonds is 5. The van der Waals surface area contributed by atoms with E-state index in [9.17, 15) is 4.39 Å². The summed E-state index contributed by atoms with van der Waals surface area (Å²) in [7, 11) is 0. The lowest BCUT2D eigenvalue weighted by Gasteiger charge is -2.37. The first kappa shape index (κ1) is 19.8. The van der Waals surface area contributed by atoms with Gasteiger partial charge in [0.2, 0.25) is 0 Å². The maximum Gasteiger partial charge on any atom is 0.123 e. The molecule has 29 heavy (non-hydrogen) atoms. The van der Waals surface area contributed by atoms with Crippen LogP contribution in [0.1, 0.15) is 42.5 Å². The molecule has 0 bridgehead atoms. The molecule has 0 spiro atoms. The van der Waals surface area contributed by atoms with Gasteiger partial charge in [0, 0.05) is 32.2 Å². The summed E-state index contributed by atoms with van der Waals surface area (Å²) >= 11 is 0. The van der Waals surface area contributed by atoms with Gasteiger partial charge in [-0.1, -0.05) is 74.5 Å². The molecule has 1 aliphatic heterocycles. The fraction of sp³-hybridized carbons (Fsp3) is 0.308. The third kappa shape index (κ3) is 4.42. The molecule has 4 rings (SSSR count). The molecule has 1 aliphatic rings. The quantitative estimate of drug-likeness (QED) is 0.597. The van der Waals surface area contributed by atoms with Crippen LogP contribution in [0, 0.1) is 5.82 Å². The van der Waals surface area contributed by atoms with Crippen LogP contribution in [0.4, 0.5) is 4.39 Å². The molecule has 3 aromatic rings. The summed E-state index contributed by atoms with van der Waals surface area (Å²) in [6.45, 7) is 8.22. The minimum atomic E-state index is -0.181. The van der Waals surface area contributed by atoms with Crippen LogP contribution in [0.2, 0.25) is 0 Å². The third-order valence-electron chi connectivity index (χ3n) is 5.87. The Kier molecular flexibility index (Phi) is 6.08. The van der Waals surface area contributed by atoms with Crippen molar-refractivity contribution in [2.24, 2.45) is 0 Å². The molecule has 3 heteroatoms. The third-order valence-corrected chi connectivity index (χ3v) is 5.87. The summed E-state index contributed by atoms with van der Waals surface area (Å²) in [4.78, 5) is 2.51. The second kappa shape index (κ2) is 8.89. The van der Waals surface area contributed by atoms with E-state index in [0.717, 1.165) is 26.2 Å². The van der Waals surface area contributed by atoms with E-state index in [1.165, 1.54) is 27.8 Å². The van der Waals surface area contributed by atoms with Crippen molar-refractivity contribution in [3.63, 3.8) is 0 Å². The predicted octanol–water partition coefficient (Wildman–Crippen LogP) is 5.76. The zero-order valence-corrected chi connectivity index (χ0v) is 17.2. The van der Waals surface area contributed by atoms with Crippen LogP contribution in [0.15, 0.2) is 72.8 Å². The molecule has 0 unspecified atom stereocenters. The van der Waals surface area contributed by atoms with E-state index < -0.39 is 0 Å². The van der Waals surface area contributed by atoms with Crippen LogP contribution >= 0.6 is 0 Å². The first-order valence-electron chi connectivity index (χ1n) is 10.5. The van der Waals surface area contributed by atoms with Crippen LogP contribution in [-0.2, 0) is 6.54 Å². The minimum absolute atomic E-state index is 0.181. The van der Waals surface area contributed by atoms with Gasteiger partial charge in [-0.2, -0.15) is 0 Å². The van der Waals surface area contributed by atoms with Gasteiger partial charge in [0.05, 0.1) is 0 Å². The van der Waals surface area contributed by atoms with Crippen molar-refractivity contribution >= 4 is 0 Å². The topological polar surface area (TPSA) is 15.3 Å². The Morgan fingerprint density at radius 1 is 0.931 bits per heavy atom. The zero-order chi connectivity index (χ0) is 20.2. The highest BCUT2D eigenvalue weighted by molar-refractivity contribution is 5.71. The second-order valence-corrected chi connectivity index (χ2v) is 8.14. The van der Waals surface area contributed by atoms with Gasteiger partial charge in [0.25, 0.3) is 0 Å². The average molecular weight is 389 g/mol. The van der Waals surface area contributed by atoms with E-state index >= 15 is 0 Å². The summed E-state index contributed by atoms with van der Waals surface area (Å²) in [6, 6.07) is 24.7. The van der Waals surface area contributed by atoms with Gasteiger partial charge in [-0.25, -0.2) is 4.39 Å². The number of nitrogens with one attached hydrogen (secondary N) is 1. The van der Waals surface area contributed by atoms with E-state index in [1.54, 1.807) is 12.1 Å². The van der Waals surface area contributed by atoms with E-state index in [1.807, 2.05) is 12.1 Å². The van der Waals surface area contributed by atoms with E-state index in [0.29, 0.717) is 5.92 Å². The lowest BCUT2D eigenvalue weighted by atomic mass is 9.90. The van der Waals surface area contributed by atoms with Gasteiger partial charge in [-0.3, -0.25) is 4.90 Å². The van der Waals surface area contributed by atoms with Crippen molar-refractivity contribution in [2.45, 2.75) is 32.4 Å². The fourth-order valence-electron chi connectivity index (χ4n) is 4.33. The molecule has 3 aromatic carbocycles. The summed E-state index contributed by atoms with van der Waals surface area (Å²) < 4.78 is 13.4. The van der Waals surface area contributed by atoms with Gasteiger partial charge in [-0.15, -0.1) is 0 Å². The highest BCUT2D eigenvalue weighted by atomic mass is 19.1. The Bertz CT molecular complexity index is 949. The van der Waals surface area contributed by atoms with Gasteiger partial charge in [0.1, 0.15) is 5.82 Å². The standard InChI is InChI=1S/C26H29FN2/c1-19(2)23-8-5-6-10-25(23)24-9-4-3-7-21(24)18-29-16-15-28-17-26(29)20-11-13-22(27)14-12-20/h3-14,19,26,28H,15-18H2,1-2H3/t26-/m0/s1. The first-order valence-corrected chi connectivity index (χ1v) is 10.5. The first-order chi connectivity index (χ1) is 14.1. The summed E-state index contributed by atoms with van der Waals surface area (Å²) in [5.41, 5.74) is 6.53. The Morgan fingerprint density at radius 2 is 1.62 bits per heavy atom. The van der Waals surface area contributed by atoms with E-state index in [-0.39, 0.29) is 11.9 Å². The molecular formula is C26H29FN2. The Labute approximate surface area is 173 Å². The smallest absolute Gasteiger partial charge is 0.123 e. The summed E-state index contributed by atoms with van der Waals surface area (Å²) in [5.74, 6) is 0.296. The van der Waals surface area contributed by atoms with Gasteiger partial charge < -0.3 is 5.32 Å². The molecule has 2 nitrogen and oxygen atoms in total. The molecule has 0 amide bonds. The molecule has 0 aromatic heterocycles. The Morgan fingerprint density at radius 3 is 2.38 bits per heavy atom. The monoisotopic (exact) mass is 388 g/mol. The lowest BCUT2D eigenvalue weighted by molar-refractivity contribution is 0.154. The Balaban J connectivity index is 1.67. The number of hydrogen-bond donors (Lipinski definition) is 1. The highest BCUT2D eigenvalue weighted by Gasteiger charge is 2.25. The molecule has 1 heterocycles. The molecule has 150 valence electrons. The van der Waals surface area contributed by atoms with Crippen LogP contribution in [-0.4, -0.2) is 24.5 Å². The second-order valence-electron chi connectivity index (χ2n) is 8.14. The summed E-state index contributed by atoms with van der Waals surface area (Å²) in [6.07, 6.45) is 0. The number of nitrogens with zero attached hydrogens (tertiary/aromatic N) is 1. The molecule has 1 saturated heterocycles. The van der Waals surface area contributed by atoms with Crippen molar-refractivity contribution in [3.8, 4) is 11.1 Å². The van der Waals surface area contributed by atoms with Gasteiger partial charge in [0.15, 0.2) is 0 Å². The fourth-order valence-corrected chi connectivity index (χ4v) is 4.33. The number of benzene rings is 3. The SMILES string of the molecule is CC(C)c1ccccc1-c1ccccc1CN1CCNC[C@H]1c1ccc(F)cc1. The zero-order valence-electron chi connectivity index (χ0n) is 17.2. The van der Waals surface area contributed by atoms with Crippen molar-refractivity contribution in [3.05, 3.63) is 95.3 Å². The van der Waals surface area contributed by atoms with Crippen LogP contribution in [0.25, 0.3) is 11.1 Å². The van der Waals surface area contributed by atoms with Crippen molar-refractivity contribution in [2.75, 3.05) is 19.6 Å². The van der Waals surface area contributed by atoms with Crippen molar-refractivity contribution in [1.29, 1.82) is 0 Å². The molecule has 0 aliphatic carbocycles. The minimum Gasteiger partial charge on any atom is -0.314 e. The Hall–Kier alpha value is -2.49. The number of piperazine rings is 1. The predicted molar refractivity (Wildman–Crippen MR) is 118 cm³/mol. The maximum atomic E-state index is 13.4. The van der Waals surface area contributed by atoms with Crippen LogP contribution in [0.5, 0.6) is 0 Å². The van der Waals surface area contributed by atoms with E-state index in [4.69, 9.17) is 0 Å². The average Bonchev–Trinajstić information content (AvgIpc) is 2.75. The van der Waals surface area contributed by atoms with Gasteiger partial charge in [-0.05, 0) is 45.9 Å². The molecule has 0 saturated carbocycles. The number of hydrogen-bond acceptors (Lipinski definition) is 2. The van der Waals surface area contributed by atoms with Crippen molar-refractivity contribution < 1.29 is 4.39 Å². The van der Waals surface area contributed by atoms with Gasteiger partial charge >= 0.3 is 0 Å². The van der Waals surface area contributed by atoms with Crippen molar-refractivity contribution in [1.82, 2.24) is 10.2 Å². The van der Waals surface area contributed by atoms with Crippen LogP contribution < -0.4 is 5.32 Å². The highest BCUT2D eigenvalue weighted by Crippen LogP contribution is 2.33. The normalized spacial score (nSPS) is 17.6. The molecule has 0 radical (unpaired) electrons. The lowest BCUT2D eigenvalue weighted by Crippen LogP contribution is -2.45. The number of halogens is 1. The van der Waals surface area contributed by atoms with E-state index in [2.05, 4.69) is 72.6 Å². The summed E-state index contributed by atoms with van der Waals surface area (Å²) in [5, 5.41) is 3.50. The van der Waals surface area contributed by atoms with Crippen LogP contribution in [0.3, 0.4) is 0 Å². The molecule has 1 atom stereocenters. The molecular weight excluding hydrogens is 359 g/mol. The largest absolute Gasteiger partial charge is 0.314 e. The molecule has 1 fully saturated rings.